The molecular formula is C32H36N4O6+2. The molecule has 2 atom stereocenters. The summed E-state index contributed by atoms with van der Waals surface area (Å²) in [5, 5.41) is 3.82. The van der Waals surface area contributed by atoms with Crippen LogP contribution in [0.25, 0.3) is 0 Å². The second-order valence-corrected chi connectivity index (χ2v) is 10.5. The molecule has 2 aliphatic rings. The number of amides is 4. The first kappa shape index (κ1) is 29.0. The largest absolute Gasteiger partial charge is 0.497 e. The van der Waals surface area contributed by atoms with Crippen molar-refractivity contribution in [2.75, 3.05) is 37.1 Å². The molecule has 0 aromatic heterocycles. The normalized spacial score (nSPS) is 18.7. The number of hydrogen-bond donors (Lipinski definition) is 2. The number of rotatable bonds is 12. The maximum atomic E-state index is 13.1. The molecule has 3 aromatic carbocycles. The quantitative estimate of drug-likeness (QED) is 0.306. The first-order chi connectivity index (χ1) is 20.4. The minimum Gasteiger partial charge on any atom is -0.497 e. The fourth-order valence-corrected chi connectivity index (χ4v) is 5.46. The highest BCUT2D eigenvalue weighted by atomic mass is 16.5. The van der Waals surface area contributed by atoms with Gasteiger partial charge in [-0.15, -0.1) is 0 Å². The maximum absolute atomic E-state index is 13.1. The van der Waals surface area contributed by atoms with E-state index in [1.807, 2.05) is 59.2 Å². The van der Waals surface area contributed by atoms with Gasteiger partial charge in [-0.1, -0.05) is 24.3 Å². The molecule has 2 aliphatic heterocycles. The summed E-state index contributed by atoms with van der Waals surface area (Å²) in [6, 6.07) is 21.1. The lowest BCUT2D eigenvalue weighted by molar-refractivity contribution is -0.674. The van der Waals surface area contributed by atoms with Crippen LogP contribution in [0.4, 0.5) is 11.4 Å². The van der Waals surface area contributed by atoms with Gasteiger partial charge in [0.1, 0.15) is 11.5 Å². The molecule has 10 nitrogen and oxygen atoms in total. The standard InChI is InChI=1S/C32H34N4O6/c1-41-25-11-3-21(4-12-25)15-17-33-27-19-29(37)35(31(27)39)23-7-9-24(10-8-23)36-30(38)20-28(32(36)40)34-18-16-22-5-13-26(42-2)14-6-22/h3-14,27-28,33-34H,15-20H2,1-2H3/p+2/t27-,28-/m1/s1. The number of ether oxygens (including phenoxy) is 2. The molecule has 2 saturated heterocycles. The van der Waals surface area contributed by atoms with Crippen LogP contribution < -0.4 is 29.9 Å². The monoisotopic (exact) mass is 572 g/mol. The van der Waals surface area contributed by atoms with E-state index in [0.29, 0.717) is 24.5 Å². The summed E-state index contributed by atoms with van der Waals surface area (Å²) in [7, 11) is 3.25. The molecule has 3 aromatic rings. The number of benzene rings is 3. The number of carbonyl (C=O) groups is 4. The van der Waals surface area contributed by atoms with Crippen LogP contribution in [-0.2, 0) is 32.0 Å². The predicted octanol–water partition coefficient (Wildman–Crippen LogP) is 0.580. The summed E-state index contributed by atoms with van der Waals surface area (Å²) in [5.41, 5.74) is 3.11. The molecule has 4 N–H and O–H groups in total. The van der Waals surface area contributed by atoms with E-state index in [9.17, 15) is 19.2 Å². The Morgan fingerprint density at radius 3 is 1.29 bits per heavy atom. The number of nitrogens with zero attached hydrogens (tertiary/aromatic N) is 2. The van der Waals surface area contributed by atoms with Gasteiger partial charge in [-0.25, -0.2) is 9.80 Å². The Morgan fingerprint density at radius 1 is 0.595 bits per heavy atom. The predicted molar refractivity (Wildman–Crippen MR) is 155 cm³/mol. The Kier molecular flexibility index (Phi) is 8.94. The number of nitrogens with two attached hydrogens (primary N) is 2. The van der Waals surface area contributed by atoms with Gasteiger partial charge in [-0.05, 0) is 59.7 Å². The number of methoxy groups -OCH3 is 2. The zero-order valence-electron chi connectivity index (χ0n) is 23.8. The van der Waals surface area contributed by atoms with Crippen molar-refractivity contribution in [1.82, 2.24) is 0 Å². The zero-order chi connectivity index (χ0) is 29.6. The first-order valence-corrected chi connectivity index (χ1v) is 14.1. The minimum atomic E-state index is -0.480. The average Bonchev–Trinajstić information content (AvgIpc) is 3.46. The van der Waals surface area contributed by atoms with Crippen molar-refractivity contribution in [3.8, 4) is 11.5 Å². The average molecular weight is 573 g/mol. The highest BCUT2D eigenvalue weighted by Crippen LogP contribution is 2.27. The summed E-state index contributed by atoms with van der Waals surface area (Å²) in [4.78, 5) is 54.1. The first-order valence-electron chi connectivity index (χ1n) is 14.1. The van der Waals surface area contributed by atoms with Gasteiger partial charge < -0.3 is 20.1 Å². The second kappa shape index (κ2) is 13.0. The van der Waals surface area contributed by atoms with Gasteiger partial charge in [-0.2, -0.15) is 0 Å². The lowest BCUT2D eigenvalue weighted by Gasteiger charge is -2.17. The van der Waals surface area contributed by atoms with Crippen molar-refractivity contribution in [2.45, 2.75) is 37.8 Å². The summed E-state index contributed by atoms with van der Waals surface area (Å²) in [6.45, 7) is 1.33. The maximum Gasteiger partial charge on any atom is 0.292 e. The Labute approximate surface area is 244 Å². The summed E-state index contributed by atoms with van der Waals surface area (Å²) in [6.07, 6.45) is 1.77. The third-order valence-corrected chi connectivity index (χ3v) is 7.82. The molecule has 218 valence electrons. The molecule has 0 radical (unpaired) electrons. The zero-order valence-corrected chi connectivity index (χ0v) is 23.8. The van der Waals surface area contributed by atoms with Crippen molar-refractivity contribution in [3.63, 3.8) is 0 Å². The second-order valence-electron chi connectivity index (χ2n) is 10.5. The van der Waals surface area contributed by atoms with E-state index in [-0.39, 0.29) is 36.5 Å². The lowest BCUT2D eigenvalue weighted by Crippen LogP contribution is -2.92. The number of imide groups is 2. The summed E-state index contributed by atoms with van der Waals surface area (Å²) >= 11 is 0. The molecular weight excluding hydrogens is 536 g/mol. The van der Waals surface area contributed by atoms with Crippen LogP contribution >= 0.6 is 0 Å². The van der Waals surface area contributed by atoms with E-state index in [1.54, 1.807) is 38.5 Å². The van der Waals surface area contributed by atoms with Crippen molar-refractivity contribution < 1.29 is 39.3 Å². The number of anilines is 2. The SMILES string of the molecule is COc1ccc(CC[NH2+][C@@H]2CC(=O)N(c3ccc(N4C(=O)C[C@@H]([NH2+]CCc5ccc(OC)cc5)C4=O)cc3)C2=O)cc1. The molecule has 0 aliphatic carbocycles. The molecule has 4 amide bonds. The highest BCUT2D eigenvalue weighted by Gasteiger charge is 2.44. The summed E-state index contributed by atoms with van der Waals surface area (Å²) < 4.78 is 10.4. The molecule has 42 heavy (non-hydrogen) atoms. The third kappa shape index (κ3) is 6.35. The summed E-state index contributed by atoms with van der Waals surface area (Å²) in [5.74, 6) is 0.526. The molecule has 2 heterocycles. The number of hydrogen-bond acceptors (Lipinski definition) is 6. The van der Waals surface area contributed by atoms with Crippen LogP contribution in [0.3, 0.4) is 0 Å². The highest BCUT2D eigenvalue weighted by molar-refractivity contribution is 6.23. The fraction of sp³-hybridized carbons (Fsp3) is 0.312. The Bertz CT molecular complexity index is 1330. The van der Waals surface area contributed by atoms with Crippen LogP contribution in [-0.4, -0.2) is 63.0 Å². The molecule has 5 rings (SSSR count). The van der Waals surface area contributed by atoms with Gasteiger partial charge in [0, 0.05) is 12.8 Å². The van der Waals surface area contributed by atoms with Crippen LogP contribution in [0.2, 0.25) is 0 Å². The molecule has 0 saturated carbocycles. The Morgan fingerprint density at radius 2 is 0.952 bits per heavy atom. The van der Waals surface area contributed by atoms with Gasteiger partial charge in [0.2, 0.25) is 11.8 Å². The van der Waals surface area contributed by atoms with E-state index in [0.717, 1.165) is 35.5 Å². The molecule has 0 spiro atoms. The minimum absolute atomic E-state index is 0.125. The third-order valence-electron chi connectivity index (χ3n) is 7.82. The fourth-order valence-electron chi connectivity index (χ4n) is 5.46. The van der Waals surface area contributed by atoms with E-state index in [1.165, 1.54) is 9.80 Å². The van der Waals surface area contributed by atoms with Gasteiger partial charge in [0.05, 0.1) is 51.5 Å². The number of quaternary nitrogens is 2. The van der Waals surface area contributed by atoms with Crippen molar-refractivity contribution >= 4 is 35.0 Å². The lowest BCUT2D eigenvalue weighted by atomic mass is 10.1. The van der Waals surface area contributed by atoms with E-state index >= 15 is 0 Å². The van der Waals surface area contributed by atoms with Gasteiger partial charge in [0.15, 0.2) is 12.1 Å². The van der Waals surface area contributed by atoms with Crippen LogP contribution in [0.5, 0.6) is 11.5 Å². The van der Waals surface area contributed by atoms with E-state index in [2.05, 4.69) is 0 Å². The van der Waals surface area contributed by atoms with Gasteiger partial charge in [0.25, 0.3) is 11.8 Å². The molecule has 0 unspecified atom stereocenters. The smallest absolute Gasteiger partial charge is 0.292 e. The van der Waals surface area contributed by atoms with Crippen LogP contribution in [0.1, 0.15) is 24.0 Å². The topological polar surface area (TPSA) is 126 Å². The molecule has 10 heteroatoms. The van der Waals surface area contributed by atoms with E-state index < -0.39 is 12.1 Å². The molecule has 0 bridgehead atoms. The van der Waals surface area contributed by atoms with E-state index in [4.69, 9.17) is 9.47 Å². The Balaban J connectivity index is 1.14. The van der Waals surface area contributed by atoms with Crippen LogP contribution in [0, 0.1) is 0 Å². The van der Waals surface area contributed by atoms with Crippen molar-refractivity contribution in [2.24, 2.45) is 0 Å². The Hall–Kier alpha value is -4.54. The van der Waals surface area contributed by atoms with Crippen molar-refractivity contribution in [1.29, 1.82) is 0 Å². The van der Waals surface area contributed by atoms with Gasteiger partial charge in [-0.3, -0.25) is 19.2 Å². The van der Waals surface area contributed by atoms with Crippen LogP contribution in [0.15, 0.2) is 72.8 Å². The van der Waals surface area contributed by atoms with Crippen molar-refractivity contribution in [3.05, 3.63) is 83.9 Å². The van der Waals surface area contributed by atoms with Gasteiger partial charge >= 0.3 is 0 Å². The number of carbonyl (C=O) groups excluding carboxylic acids is 4. The molecule has 2 fully saturated rings.